The molecule has 8 nitrogen and oxygen atoms in total. The van der Waals surface area contributed by atoms with Gasteiger partial charge in [-0.25, -0.2) is 13.4 Å². The van der Waals surface area contributed by atoms with Crippen LogP contribution < -0.4 is 9.80 Å². The molecule has 0 spiro atoms. The summed E-state index contributed by atoms with van der Waals surface area (Å²) in [7, 11) is -3.89. The van der Waals surface area contributed by atoms with Crippen molar-refractivity contribution in [3.63, 3.8) is 0 Å². The molecule has 0 aliphatic carbocycles. The normalized spacial score (nSPS) is 14.6. The number of benzene rings is 3. The molecule has 0 amide bonds. The van der Waals surface area contributed by atoms with Gasteiger partial charge < -0.3 is 9.80 Å². The molecule has 188 valence electrons. The van der Waals surface area contributed by atoms with Crippen molar-refractivity contribution >= 4 is 37.9 Å². The third kappa shape index (κ3) is 3.99. The third-order valence-electron chi connectivity index (χ3n) is 7.06. The molecule has 0 saturated carbocycles. The van der Waals surface area contributed by atoms with Crippen LogP contribution in [0.15, 0.2) is 76.7 Å². The summed E-state index contributed by atoms with van der Waals surface area (Å²) in [6.45, 7) is 9.41. The van der Waals surface area contributed by atoms with E-state index in [0.717, 1.165) is 48.5 Å². The number of rotatable bonds is 4. The molecule has 0 radical (unpaired) electrons. The number of sulfone groups is 1. The highest BCUT2D eigenvalue weighted by Crippen LogP contribution is 2.31. The minimum atomic E-state index is -3.89. The highest BCUT2D eigenvalue weighted by molar-refractivity contribution is 7.91. The first-order chi connectivity index (χ1) is 17.8. The maximum Gasteiger partial charge on any atom is 0.229 e. The molecule has 0 unspecified atom stereocenters. The lowest BCUT2D eigenvalue weighted by molar-refractivity contribution is 0.592. The molecule has 37 heavy (non-hydrogen) atoms. The Hall–Kier alpha value is -3.98. The van der Waals surface area contributed by atoms with Gasteiger partial charge in [0, 0.05) is 37.3 Å². The van der Waals surface area contributed by atoms with Crippen LogP contribution in [0.4, 0.5) is 11.5 Å². The molecule has 2 aromatic heterocycles. The zero-order valence-corrected chi connectivity index (χ0v) is 21.9. The van der Waals surface area contributed by atoms with Crippen molar-refractivity contribution in [1.82, 2.24) is 19.8 Å². The average molecular weight is 513 g/mol. The van der Waals surface area contributed by atoms with Crippen molar-refractivity contribution in [2.75, 3.05) is 36.0 Å². The van der Waals surface area contributed by atoms with E-state index in [-0.39, 0.29) is 15.6 Å². The second-order valence-corrected chi connectivity index (χ2v) is 11.5. The fourth-order valence-corrected chi connectivity index (χ4v) is 6.33. The quantitative estimate of drug-likeness (QED) is 0.354. The fraction of sp³-hybridized carbons (Fsp3) is 0.250. The minimum absolute atomic E-state index is 0.128. The summed E-state index contributed by atoms with van der Waals surface area (Å²) >= 11 is 0. The molecule has 0 atom stereocenters. The summed E-state index contributed by atoms with van der Waals surface area (Å²) in [6, 6.07) is 21.1. The second-order valence-electron chi connectivity index (χ2n) is 9.66. The second kappa shape index (κ2) is 8.85. The number of fused-ring (bicyclic) bond motifs is 3. The van der Waals surface area contributed by atoms with Crippen molar-refractivity contribution in [2.45, 2.75) is 30.7 Å². The lowest BCUT2D eigenvalue weighted by Gasteiger charge is -2.37. The van der Waals surface area contributed by atoms with Crippen LogP contribution in [0.3, 0.4) is 0 Å². The summed E-state index contributed by atoms with van der Waals surface area (Å²) in [5.74, 6) is 0.756. The van der Waals surface area contributed by atoms with Crippen molar-refractivity contribution in [2.24, 2.45) is 0 Å². The van der Waals surface area contributed by atoms with Crippen LogP contribution in [0.2, 0.25) is 0 Å². The summed E-state index contributed by atoms with van der Waals surface area (Å²) in [4.78, 5) is 9.71. The predicted molar refractivity (Wildman–Crippen MR) is 145 cm³/mol. The molecular weight excluding hydrogens is 484 g/mol. The maximum absolute atomic E-state index is 13.5. The standard InChI is InChI=1S/C28H28N6O2S/c1-19-8-11-22(12-9-19)37(35,36)28-27-29-26(23-6-4-5-7-25(23)34(27)31-30-28)33-16-14-32(15-17-33)24-13-10-20(2)18-21(24)3/h4-13,18H,14-17H2,1-3H3. The van der Waals surface area contributed by atoms with Gasteiger partial charge in [-0.1, -0.05) is 52.7 Å². The van der Waals surface area contributed by atoms with Gasteiger partial charge in [-0.2, -0.15) is 4.52 Å². The Balaban J connectivity index is 1.41. The number of hydrogen-bond acceptors (Lipinski definition) is 7. The van der Waals surface area contributed by atoms with Gasteiger partial charge >= 0.3 is 0 Å². The molecule has 9 heteroatoms. The first-order valence-electron chi connectivity index (χ1n) is 12.4. The lowest BCUT2D eigenvalue weighted by Crippen LogP contribution is -2.47. The van der Waals surface area contributed by atoms with Crippen LogP contribution in [0.5, 0.6) is 0 Å². The van der Waals surface area contributed by atoms with Crippen molar-refractivity contribution in [1.29, 1.82) is 0 Å². The monoisotopic (exact) mass is 512 g/mol. The van der Waals surface area contributed by atoms with Crippen LogP contribution in [0.25, 0.3) is 16.6 Å². The van der Waals surface area contributed by atoms with Gasteiger partial charge in [0.25, 0.3) is 0 Å². The van der Waals surface area contributed by atoms with E-state index in [9.17, 15) is 8.42 Å². The van der Waals surface area contributed by atoms with Crippen LogP contribution in [0.1, 0.15) is 16.7 Å². The third-order valence-corrected chi connectivity index (χ3v) is 8.73. The minimum Gasteiger partial charge on any atom is -0.368 e. The maximum atomic E-state index is 13.5. The number of hydrogen-bond donors (Lipinski definition) is 0. The summed E-state index contributed by atoms with van der Waals surface area (Å²) in [6.07, 6.45) is 0. The van der Waals surface area contributed by atoms with Gasteiger partial charge in [-0.3, -0.25) is 0 Å². The summed E-state index contributed by atoms with van der Waals surface area (Å²) in [5.41, 5.74) is 5.79. The number of aryl methyl sites for hydroxylation is 3. The smallest absolute Gasteiger partial charge is 0.229 e. The Labute approximate surface area is 216 Å². The topological polar surface area (TPSA) is 83.7 Å². The molecule has 5 aromatic rings. The SMILES string of the molecule is Cc1ccc(S(=O)(=O)c2nnn3c2nc(N2CCN(c4ccc(C)cc4C)CC2)c2ccccc23)cc1. The van der Waals surface area contributed by atoms with Crippen molar-refractivity contribution in [3.05, 3.63) is 83.4 Å². The number of nitrogens with zero attached hydrogens (tertiary/aromatic N) is 6. The summed E-state index contributed by atoms with van der Waals surface area (Å²) in [5, 5.41) is 9.10. The number of aromatic nitrogens is 4. The Morgan fingerprint density at radius 2 is 1.46 bits per heavy atom. The average Bonchev–Trinajstić information content (AvgIpc) is 3.34. The van der Waals surface area contributed by atoms with Gasteiger partial charge in [-0.05, 0) is 56.7 Å². The first kappa shape index (κ1) is 23.4. The van der Waals surface area contributed by atoms with E-state index in [2.05, 4.69) is 52.2 Å². The van der Waals surface area contributed by atoms with Gasteiger partial charge in [0.15, 0.2) is 5.65 Å². The Morgan fingerprint density at radius 3 is 2.19 bits per heavy atom. The zero-order chi connectivity index (χ0) is 25.7. The predicted octanol–water partition coefficient (Wildman–Crippen LogP) is 4.36. The van der Waals surface area contributed by atoms with Gasteiger partial charge in [0.2, 0.25) is 14.9 Å². The van der Waals surface area contributed by atoms with E-state index in [4.69, 9.17) is 4.98 Å². The lowest BCUT2D eigenvalue weighted by atomic mass is 10.1. The molecule has 3 heterocycles. The highest BCUT2D eigenvalue weighted by Gasteiger charge is 2.29. The molecule has 1 aliphatic rings. The van der Waals surface area contributed by atoms with Crippen LogP contribution >= 0.6 is 0 Å². The molecule has 0 N–H and O–H groups in total. The van der Waals surface area contributed by atoms with E-state index in [1.807, 2.05) is 31.2 Å². The molecular formula is C28H28N6O2S. The largest absolute Gasteiger partial charge is 0.368 e. The first-order valence-corrected chi connectivity index (χ1v) is 13.8. The van der Waals surface area contributed by atoms with E-state index in [1.165, 1.54) is 21.3 Å². The molecule has 0 bridgehead atoms. The fourth-order valence-electron chi connectivity index (χ4n) is 5.09. The number of para-hydroxylation sites is 1. The van der Waals surface area contributed by atoms with Crippen LogP contribution in [-0.2, 0) is 9.84 Å². The van der Waals surface area contributed by atoms with Gasteiger partial charge in [0.05, 0.1) is 10.4 Å². The van der Waals surface area contributed by atoms with E-state index < -0.39 is 9.84 Å². The van der Waals surface area contributed by atoms with Crippen molar-refractivity contribution in [3.8, 4) is 0 Å². The van der Waals surface area contributed by atoms with Crippen LogP contribution in [0, 0.1) is 20.8 Å². The Kier molecular flexibility index (Phi) is 5.60. The van der Waals surface area contributed by atoms with E-state index in [1.54, 1.807) is 24.3 Å². The van der Waals surface area contributed by atoms with Crippen molar-refractivity contribution < 1.29 is 8.42 Å². The van der Waals surface area contributed by atoms with E-state index in [0.29, 0.717) is 0 Å². The number of anilines is 2. The Morgan fingerprint density at radius 1 is 0.784 bits per heavy atom. The summed E-state index contributed by atoms with van der Waals surface area (Å²) < 4.78 is 28.6. The molecule has 1 aliphatic heterocycles. The van der Waals surface area contributed by atoms with Gasteiger partial charge in [-0.15, -0.1) is 5.10 Å². The zero-order valence-electron chi connectivity index (χ0n) is 21.1. The molecule has 6 rings (SSSR count). The van der Waals surface area contributed by atoms with Gasteiger partial charge in [0.1, 0.15) is 5.82 Å². The highest BCUT2D eigenvalue weighted by atomic mass is 32.2. The Bertz CT molecular complexity index is 1740. The molecule has 3 aromatic carbocycles. The van der Waals surface area contributed by atoms with Crippen LogP contribution in [-0.4, -0.2) is 54.4 Å². The number of piperazine rings is 1. The molecule has 1 fully saturated rings. The molecule has 1 saturated heterocycles. The van der Waals surface area contributed by atoms with E-state index >= 15 is 0 Å².